The highest BCUT2D eigenvalue weighted by atomic mass is 19.1. The fourth-order valence-corrected chi connectivity index (χ4v) is 3.31. The monoisotopic (exact) mass is 365 g/mol. The fraction of sp³-hybridized carbons (Fsp3) is 0.273. The number of likely N-dealkylation sites (N-methyl/N-ethyl adjacent to an activating group) is 1. The maximum absolute atomic E-state index is 13.2. The van der Waals surface area contributed by atoms with Crippen LogP contribution in [-0.2, 0) is 0 Å². The van der Waals surface area contributed by atoms with Gasteiger partial charge in [-0.15, -0.1) is 0 Å². The van der Waals surface area contributed by atoms with E-state index in [9.17, 15) is 9.18 Å². The molecule has 1 amide bonds. The first kappa shape index (κ1) is 18.8. The zero-order valence-corrected chi connectivity index (χ0v) is 16.3. The number of anilines is 1. The first-order valence-corrected chi connectivity index (χ1v) is 8.86. The van der Waals surface area contributed by atoms with Gasteiger partial charge in [-0.1, -0.05) is 12.1 Å². The molecule has 0 fully saturated rings. The van der Waals surface area contributed by atoms with Gasteiger partial charge in [0.1, 0.15) is 5.82 Å². The SMILES string of the molecule is CC1=CC(C)(C)N(C)c2cc(C)c(/C=N/NC(=O)c3cccc(F)c3)cc21. The highest BCUT2D eigenvalue weighted by Crippen LogP contribution is 2.38. The largest absolute Gasteiger partial charge is 0.365 e. The highest BCUT2D eigenvalue weighted by Gasteiger charge is 2.28. The molecule has 140 valence electrons. The van der Waals surface area contributed by atoms with Crippen LogP contribution in [0.2, 0.25) is 0 Å². The Morgan fingerprint density at radius 1 is 1.22 bits per heavy atom. The van der Waals surface area contributed by atoms with Gasteiger partial charge in [0.05, 0.1) is 11.8 Å². The summed E-state index contributed by atoms with van der Waals surface area (Å²) in [6.07, 6.45) is 3.87. The van der Waals surface area contributed by atoms with Gasteiger partial charge in [-0.2, -0.15) is 5.10 Å². The van der Waals surface area contributed by atoms with Gasteiger partial charge in [0.25, 0.3) is 5.91 Å². The van der Waals surface area contributed by atoms with Crippen LogP contribution < -0.4 is 10.3 Å². The first-order chi connectivity index (χ1) is 12.7. The van der Waals surface area contributed by atoms with E-state index in [-0.39, 0.29) is 11.1 Å². The second-order valence-corrected chi connectivity index (χ2v) is 7.48. The summed E-state index contributed by atoms with van der Waals surface area (Å²) in [5.41, 5.74) is 8.18. The van der Waals surface area contributed by atoms with Crippen molar-refractivity contribution in [1.82, 2.24) is 5.43 Å². The Bertz CT molecular complexity index is 960. The van der Waals surface area contributed by atoms with Crippen molar-refractivity contribution >= 4 is 23.4 Å². The molecular weight excluding hydrogens is 341 g/mol. The third-order valence-electron chi connectivity index (χ3n) is 5.06. The molecule has 2 aromatic rings. The number of nitrogens with zero attached hydrogens (tertiary/aromatic N) is 2. The van der Waals surface area contributed by atoms with Crippen molar-refractivity contribution in [3.8, 4) is 0 Å². The molecule has 0 aliphatic carbocycles. The molecule has 1 heterocycles. The molecule has 27 heavy (non-hydrogen) atoms. The minimum atomic E-state index is -0.452. The normalized spacial score (nSPS) is 15.5. The number of allylic oxidation sites excluding steroid dienone is 1. The second kappa shape index (κ2) is 6.99. The zero-order valence-electron chi connectivity index (χ0n) is 16.3. The van der Waals surface area contributed by atoms with Gasteiger partial charge in [0.2, 0.25) is 0 Å². The Hall–Kier alpha value is -2.95. The number of rotatable bonds is 3. The van der Waals surface area contributed by atoms with E-state index in [1.165, 1.54) is 29.5 Å². The van der Waals surface area contributed by atoms with E-state index < -0.39 is 11.7 Å². The molecule has 0 saturated carbocycles. The van der Waals surface area contributed by atoms with Crippen molar-refractivity contribution in [2.45, 2.75) is 33.2 Å². The Balaban J connectivity index is 1.83. The van der Waals surface area contributed by atoms with Crippen LogP contribution >= 0.6 is 0 Å². The number of benzene rings is 2. The standard InChI is InChI=1S/C22H24FN3O/c1-14-9-20-19(15(2)12-22(3,4)26(20)5)11-17(14)13-24-25-21(27)16-7-6-8-18(23)10-16/h6-13H,1-5H3,(H,25,27)/b24-13+. The number of aryl methyl sites for hydroxylation is 1. The predicted molar refractivity (Wildman–Crippen MR) is 109 cm³/mol. The number of hydrogen-bond donors (Lipinski definition) is 1. The van der Waals surface area contributed by atoms with Crippen LogP contribution in [0.25, 0.3) is 5.57 Å². The molecular formula is C22H24FN3O. The number of nitrogens with one attached hydrogen (secondary N) is 1. The smallest absolute Gasteiger partial charge is 0.271 e. The summed E-state index contributed by atoms with van der Waals surface area (Å²) in [4.78, 5) is 14.3. The molecule has 5 heteroatoms. The topological polar surface area (TPSA) is 44.7 Å². The van der Waals surface area contributed by atoms with Crippen LogP contribution in [0, 0.1) is 12.7 Å². The van der Waals surface area contributed by atoms with Gasteiger partial charge in [-0.05, 0) is 74.7 Å². The number of halogens is 1. The Labute approximate surface area is 159 Å². The summed E-state index contributed by atoms with van der Waals surface area (Å²) in [6, 6.07) is 9.74. The van der Waals surface area contributed by atoms with Crippen molar-refractivity contribution < 1.29 is 9.18 Å². The fourth-order valence-electron chi connectivity index (χ4n) is 3.31. The Morgan fingerprint density at radius 3 is 2.67 bits per heavy atom. The number of carbonyl (C=O) groups excluding carboxylic acids is 1. The first-order valence-electron chi connectivity index (χ1n) is 8.86. The van der Waals surface area contributed by atoms with Gasteiger partial charge in [0.15, 0.2) is 0 Å². The minimum absolute atomic E-state index is 0.0436. The van der Waals surface area contributed by atoms with Crippen LogP contribution in [0.1, 0.15) is 47.8 Å². The van der Waals surface area contributed by atoms with Crippen LogP contribution in [-0.4, -0.2) is 24.7 Å². The molecule has 0 unspecified atom stereocenters. The maximum atomic E-state index is 13.2. The van der Waals surface area contributed by atoms with Gasteiger partial charge in [-0.3, -0.25) is 4.79 Å². The van der Waals surface area contributed by atoms with Crippen molar-refractivity contribution in [2.24, 2.45) is 5.10 Å². The lowest BCUT2D eigenvalue weighted by atomic mass is 9.87. The molecule has 1 N–H and O–H groups in total. The number of hydrogen-bond acceptors (Lipinski definition) is 3. The minimum Gasteiger partial charge on any atom is -0.365 e. The van der Waals surface area contributed by atoms with E-state index in [1.54, 1.807) is 12.3 Å². The van der Waals surface area contributed by atoms with E-state index in [0.29, 0.717) is 0 Å². The van der Waals surface area contributed by atoms with Crippen LogP contribution in [0.4, 0.5) is 10.1 Å². The predicted octanol–water partition coefficient (Wildman–Crippen LogP) is 4.53. The third kappa shape index (κ3) is 3.77. The van der Waals surface area contributed by atoms with Crippen molar-refractivity contribution in [3.05, 3.63) is 70.5 Å². The Kier molecular flexibility index (Phi) is 4.87. The van der Waals surface area contributed by atoms with E-state index in [2.05, 4.69) is 61.5 Å². The van der Waals surface area contributed by atoms with E-state index >= 15 is 0 Å². The molecule has 1 aliphatic heterocycles. The lowest BCUT2D eigenvalue weighted by Crippen LogP contribution is -2.42. The van der Waals surface area contributed by atoms with Gasteiger partial charge >= 0.3 is 0 Å². The van der Waals surface area contributed by atoms with Crippen LogP contribution in [0.15, 0.2) is 47.6 Å². The quantitative estimate of drug-likeness (QED) is 0.642. The average Bonchev–Trinajstić information content (AvgIpc) is 2.60. The van der Waals surface area contributed by atoms with Crippen molar-refractivity contribution in [3.63, 3.8) is 0 Å². The molecule has 0 radical (unpaired) electrons. The molecule has 3 rings (SSSR count). The lowest BCUT2D eigenvalue weighted by molar-refractivity contribution is 0.0954. The molecule has 2 aromatic carbocycles. The van der Waals surface area contributed by atoms with E-state index in [1.807, 2.05) is 6.92 Å². The molecule has 0 atom stereocenters. The summed E-state index contributed by atoms with van der Waals surface area (Å²) in [6.45, 7) is 8.50. The van der Waals surface area contributed by atoms with Gasteiger partial charge < -0.3 is 4.90 Å². The zero-order chi connectivity index (χ0) is 19.8. The molecule has 0 bridgehead atoms. The van der Waals surface area contributed by atoms with Crippen LogP contribution in [0.5, 0.6) is 0 Å². The van der Waals surface area contributed by atoms with Crippen molar-refractivity contribution in [1.29, 1.82) is 0 Å². The molecule has 0 spiro atoms. The summed E-state index contributed by atoms with van der Waals surface area (Å²) < 4.78 is 13.2. The summed E-state index contributed by atoms with van der Waals surface area (Å²) in [5.74, 6) is -0.898. The number of carbonyl (C=O) groups is 1. The maximum Gasteiger partial charge on any atom is 0.271 e. The third-order valence-corrected chi connectivity index (χ3v) is 5.06. The number of fused-ring (bicyclic) bond motifs is 1. The van der Waals surface area contributed by atoms with E-state index in [0.717, 1.165) is 16.7 Å². The summed E-state index contributed by atoms with van der Waals surface area (Å²) in [7, 11) is 2.09. The average molecular weight is 365 g/mol. The number of hydrazone groups is 1. The number of amides is 1. The molecule has 0 aromatic heterocycles. The van der Waals surface area contributed by atoms with E-state index in [4.69, 9.17) is 0 Å². The summed E-state index contributed by atoms with van der Waals surface area (Å²) >= 11 is 0. The van der Waals surface area contributed by atoms with Gasteiger partial charge in [0, 0.05) is 23.9 Å². The van der Waals surface area contributed by atoms with Gasteiger partial charge in [-0.25, -0.2) is 9.82 Å². The lowest BCUT2D eigenvalue weighted by Gasteiger charge is -2.41. The summed E-state index contributed by atoms with van der Waals surface area (Å²) in [5, 5.41) is 4.05. The Morgan fingerprint density at radius 2 is 1.96 bits per heavy atom. The molecule has 0 saturated heterocycles. The second-order valence-electron chi connectivity index (χ2n) is 7.48. The molecule has 4 nitrogen and oxygen atoms in total. The van der Waals surface area contributed by atoms with Crippen LogP contribution in [0.3, 0.4) is 0 Å². The highest BCUT2D eigenvalue weighted by molar-refractivity contribution is 5.95. The molecule has 1 aliphatic rings. The van der Waals surface area contributed by atoms with Crippen molar-refractivity contribution in [2.75, 3.05) is 11.9 Å².